The van der Waals surface area contributed by atoms with E-state index < -0.39 is 6.10 Å². The Kier molecular flexibility index (Phi) is 3.23. The van der Waals surface area contributed by atoms with Crippen molar-refractivity contribution in [2.75, 3.05) is 0 Å². The number of ether oxygens (including phenoxy) is 1. The average Bonchev–Trinajstić information content (AvgIpc) is 2.84. The van der Waals surface area contributed by atoms with Gasteiger partial charge in [0.05, 0.1) is 0 Å². The maximum absolute atomic E-state index is 11.9. The molecule has 17 heavy (non-hydrogen) atoms. The van der Waals surface area contributed by atoms with Crippen molar-refractivity contribution in [2.45, 2.75) is 20.0 Å². The normalized spacial score (nSPS) is 12.1. The number of hydrogen-bond donors (Lipinski definition) is 0. The first-order valence-corrected chi connectivity index (χ1v) is 5.42. The molecule has 1 atom stereocenters. The molecule has 1 unspecified atom stereocenters. The molecule has 1 aromatic heterocycles. The van der Waals surface area contributed by atoms with Crippen LogP contribution >= 0.6 is 0 Å². The highest BCUT2D eigenvalue weighted by Crippen LogP contribution is 2.13. The van der Waals surface area contributed by atoms with E-state index in [-0.39, 0.29) is 5.91 Å². The minimum absolute atomic E-state index is 0.136. The summed E-state index contributed by atoms with van der Waals surface area (Å²) in [5.41, 5.74) is 1.16. The van der Waals surface area contributed by atoms with Gasteiger partial charge in [-0.25, -0.2) is 4.98 Å². The number of aromatic nitrogens is 2. The van der Waals surface area contributed by atoms with Crippen molar-refractivity contribution >= 4 is 5.91 Å². The van der Waals surface area contributed by atoms with Crippen LogP contribution in [0.1, 0.15) is 17.3 Å². The first-order valence-electron chi connectivity index (χ1n) is 5.42. The van der Waals surface area contributed by atoms with Crippen LogP contribution in [0, 0.1) is 6.92 Å². The molecule has 0 amide bonds. The summed E-state index contributed by atoms with van der Waals surface area (Å²) in [5, 5.41) is 0. The molecule has 0 radical (unpaired) electrons. The zero-order valence-electron chi connectivity index (χ0n) is 9.83. The Balaban J connectivity index is 2.04. The molecule has 2 rings (SSSR count). The lowest BCUT2D eigenvalue weighted by molar-refractivity contribution is 0.0727. The molecule has 4 heteroatoms. The fraction of sp³-hybridized carbons (Fsp3) is 0.231. The van der Waals surface area contributed by atoms with Crippen molar-refractivity contribution in [2.24, 2.45) is 0 Å². The van der Waals surface area contributed by atoms with Crippen LogP contribution in [0.25, 0.3) is 0 Å². The number of carbonyl (C=O) groups is 1. The predicted octanol–water partition coefficient (Wildman–Crippen LogP) is 2.30. The molecule has 1 aromatic carbocycles. The highest BCUT2D eigenvalue weighted by molar-refractivity contribution is 5.83. The van der Waals surface area contributed by atoms with Crippen molar-refractivity contribution in [1.82, 2.24) is 9.55 Å². The number of carbonyl (C=O) groups excluding carboxylic acids is 1. The van der Waals surface area contributed by atoms with Crippen molar-refractivity contribution in [3.05, 3.63) is 48.5 Å². The van der Waals surface area contributed by atoms with Gasteiger partial charge >= 0.3 is 0 Å². The fourth-order valence-electron chi connectivity index (χ4n) is 1.47. The summed E-state index contributed by atoms with van der Waals surface area (Å²) < 4.78 is 6.97. The molecule has 0 aliphatic carbocycles. The smallest absolute Gasteiger partial charge is 0.272 e. The van der Waals surface area contributed by atoms with Crippen LogP contribution < -0.4 is 4.74 Å². The van der Waals surface area contributed by atoms with E-state index in [1.165, 1.54) is 10.9 Å². The lowest BCUT2D eigenvalue weighted by Crippen LogP contribution is -2.28. The number of aryl methyl sites for hydroxylation is 1. The summed E-state index contributed by atoms with van der Waals surface area (Å²) in [7, 11) is 0. The minimum atomic E-state index is -0.535. The zero-order valence-corrected chi connectivity index (χ0v) is 9.83. The van der Waals surface area contributed by atoms with Crippen LogP contribution in [-0.4, -0.2) is 21.6 Å². The van der Waals surface area contributed by atoms with Crippen LogP contribution in [0.15, 0.2) is 43.0 Å². The molecule has 0 aliphatic rings. The molecule has 0 fully saturated rings. The molecule has 2 aromatic rings. The maximum Gasteiger partial charge on any atom is 0.272 e. The first kappa shape index (κ1) is 11.4. The summed E-state index contributed by atoms with van der Waals surface area (Å²) in [6.07, 6.45) is 4.11. The van der Waals surface area contributed by atoms with Crippen molar-refractivity contribution in [3.63, 3.8) is 0 Å². The molecule has 4 nitrogen and oxygen atoms in total. The topological polar surface area (TPSA) is 44.1 Å². The van der Waals surface area contributed by atoms with Gasteiger partial charge < -0.3 is 4.74 Å². The number of nitrogens with zero attached hydrogens (tertiary/aromatic N) is 2. The third-order valence-corrected chi connectivity index (χ3v) is 2.44. The number of imidazole rings is 1. The van der Waals surface area contributed by atoms with Gasteiger partial charge in [0, 0.05) is 12.4 Å². The van der Waals surface area contributed by atoms with E-state index in [1.807, 2.05) is 31.2 Å². The zero-order chi connectivity index (χ0) is 12.3. The summed E-state index contributed by atoms with van der Waals surface area (Å²) >= 11 is 0. The Bertz CT molecular complexity index is 489. The van der Waals surface area contributed by atoms with Gasteiger partial charge in [-0.1, -0.05) is 17.7 Å². The molecule has 0 spiro atoms. The SMILES string of the molecule is Cc1ccc(OC(C)C(=O)n2ccnc2)cc1. The van der Waals surface area contributed by atoms with Gasteiger partial charge in [-0.15, -0.1) is 0 Å². The van der Waals surface area contributed by atoms with Crippen molar-refractivity contribution in [1.29, 1.82) is 0 Å². The van der Waals surface area contributed by atoms with Gasteiger partial charge in [-0.05, 0) is 26.0 Å². The third kappa shape index (κ3) is 2.72. The van der Waals surface area contributed by atoms with E-state index in [9.17, 15) is 4.79 Å². The minimum Gasteiger partial charge on any atom is -0.481 e. The molecule has 0 N–H and O–H groups in total. The third-order valence-electron chi connectivity index (χ3n) is 2.44. The molecule has 0 saturated carbocycles. The summed E-state index contributed by atoms with van der Waals surface area (Å²) in [6.45, 7) is 3.73. The summed E-state index contributed by atoms with van der Waals surface area (Å²) in [5.74, 6) is 0.555. The molecule has 88 valence electrons. The van der Waals surface area contributed by atoms with Gasteiger partial charge in [0.2, 0.25) is 0 Å². The molecule has 0 bridgehead atoms. The standard InChI is InChI=1S/C13H14N2O2/c1-10-3-5-12(6-4-10)17-11(2)13(16)15-8-7-14-9-15/h3-9,11H,1-2H3. The summed E-state index contributed by atoms with van der Waals surface area (Å²) in [6, 6.07) is 7.60. The van der Waals surface area contributed by atoms with Gasteiger partial charge in [-0.2, -0.15) is 0 Å². The Morgan fingerprint density at radius 3 is 2.65 bits per heavy atom. The Morgan fingerprint density at radius 1 is 1.35 bits per heavy atom. The number of rotatable bonds is 3. The Labute approximate surface area is 99.9 Å². The molecular formula is C13H14N2O2. The van der Waals surface area contributed by atoms with Gasteiger partial charge in [0.1, 0.15) is 12.1 Å². The largest absolute Gasteiger partial charge is 0.481 e. The van der Waals surface area contributed by atoms with Crippen molar-refractivity contribution < 1.29 is 9.53 Å². The second-order valence-electron chi connectivity index (χ2n) is 3.88. The number of benzene rings is 1. The monoisotopic (exact) mass is 230 g/mol. The summed E-state index contributed by atoms with van der Waals surface area (Å²) in [4.78, 5) is 15.7. The molecule has 0 aliphatic heterocycles. The van der Waals surface area contributed by atoms with Crippen LogP contribution in [0.5, 0.6) is 5.75 Å². The van der Waals surface area contributed by atoms with Gasteiger partial charge in [0.15, 0.2) is 6.10 Å². The van der Waals surface area contributed by atoms with Gasteiger partial charge in [-0.3, -0.25) is 9.36 Å². The lowest BCUT2D eigenvalue weighted by atomic mass is 10.2. The van der Waals surface area contributed by atoms with Crippen LogP contribution in [0.2, 0.25) is 0 Å². The van der Waals surface area contributed by atoms with Crippen LogP contribution in [0.4, 0.5) is 0 Å². The van der Waals surface area contributed by atoms with Crippen LogP contribution in [0.3, 0.4) is 0 Å². The number of hydrogen-bond acceptors (Lipinski definition) is 3. The van der Waals surface area contributed by atoms with E-state index in [2.05, 4.69) is 4.98 Å². The Hall–Kier alpha value is -2.10. The first-order chi connectivity index (χ1) is 8.16. The van der Waals surface area contributed by atoms with E-state index in [4.69, 9.17) is 4.74 Å². The molecule has 1 heterocycles. The van der Waals surface area contributed by atoms with E-state index in [0.29, 0.717) is 5.75 Å². The average molecular weight is 230 g/mol. The molecule has 0 saturated heterocycles. The molecular weight excluding hydrogens is 216 g/mol. The lowest BCUT2D eigenvalue weighted by Gasteiger charge is -2.13. The second-order valence-corrected chi connectivity index (χ2v) is 3.88. The Morgan fingerprint density at radius 2 is 2.06 bits per heavy atom. The predicted molar refractivity (Wildman–Crippen MR) is 64.1 cm³/mol. The van der Waals surface area contributed by atoms with E-state index >= 15 is 0 Å². The van der Waals surface area contributed by atoms with Crippen molar-refractivity contribution in [3.8, 4) is 5.75 Å². The highest BCUT2D eigenvalue weighted by Gasteiger charge is 2.15. The highest BCUT2D eigenvalue weighted by atomic mass is 16.5. The quantitative estimate of drug-likeness (QED) is 0.812. The fourth-order valence-corrected chi connectivity index (χ4v) is 1.47. The maximum atomic E-state index is 11.9. The van der Waals surface area contributed by atoms with Gasteiger partial charge in [0.25, 0.3) is 5.91 Å². The van der Waals surface area contributed by atoms with E-state index in [1.54, 1.807) is 19.3 Å². The van der Waals surface area contributed by atoms with E-state index in [0.717, 1.165) is 5.56 Å². The van der Waals surface area contributed by atoms with Crippen LogP contribution in [-0.2, 0) is 0 Å². The second kappa shape index (κ2) is 4.82.